The molecular formula is C25H30N6O2. The molecule has 2 aliphatic heterocycles. The number of fused-ring (bicyclic) bond motifs is 2. The van der Waals surface area contributed by atoms with E-state index in [1.54, 1.807) is 31.4 Å². The maximum atomic E-state index is 11.8. The van der Waals surface area contributed by atoms with E-state index in [2.05, 4.69) is 46.3 Å². The van der Waals surface area contributed by atoms with Gasteiger partial charge in [-0.05, 0) is 69.9 Å². The number of nitrogens with zero attached hydrogens (tertiary/aromatic N) is 5. The monoisotopic (exact) mass is 446 g/mol. The van der Waals surface area contributed by atoms with Gasteiger partial charge in [-0.15, -0.1) is 10.2 Å². The van der Waals surface area contributed by atoms with E-state index in [4.69, 9.17) is 0 Å². The highest BCUT2D eigenvalue weighted by atomic mass is 16.3. The van der Waals surface area contributed by atoms with Gasteiger partial charge in [0.05, 0.1) is 11.4 Å². The predicted molar refractivity (Wildman–Crippen MR) is 128 cm³/mol. The molecule has 1 aromatic carbocycles. The van der Waals surface area contributed by atoms with Crippen LogP contribution < -0.4 is 15.9 Å². The summed E-state index contributed by atoms with van der Waals surface area (Å²) in [6.07, 6.45) is 6.25. The zero-order valence-corrected chi connectivity index (χ0v) is 19.5. The van der Waals surface area contributed by atoms with E-state index < -0.39 is 0 Å². The van der Waals surface area contributed by atoms with Crippen LogP contribution in [0.25, 0.3) is 22.5 Å². The number of anilines is 1. The fraction of sp³-hybridized carbons (Fsp3) is 0.440. The first-order chi connectivity index (χ1) is 15.6. The van der Waals surface area contributed by atoms with Gasteiger partial charge in [0.25, 0.3) is 0 Å². The molecule has 2 fully saturated rings. The molecule has 3 aromatic rings. The minimum atomic E-state index is -0.341. The van der Waals surface area contributed by atoms with Gasteiger partial charge in [0.2, 0.25) is 0 Å². The van der Waals surface area contributed by atoms with Gasteiger partial charge in [-0.25, -0.2) is 4.79 Å². The second-order valence-corrected chi connectivity index (χ2v) is 10.1. The summed E-state index contributed by atoms with van der Waals surface area (Å²) in [4.78, 5) is 18.1. The molecule has 8 nitrogen and oxygen atoms in total. The average molecular weight is 447 g/mol. The molecule has 172 valence electrons. The van der Waals surface area contributed by atoms with E-state index >= 15 is 0 Å². The van der Waals surface area contributed by atoms with Crippen LogP contribution in [0, 0.1) is 0 Å². The Morgan fingerprint density at radius 1 is 1.06 bits per heavy atom. The van der Waals surface area contributed by atoms with Gasteiger partial charge < -0.3 is 19.9 Å². The van der Waals surface area contributed by atoms with Gasteiger partial charge in [-0.3, -0.25) is 0 Å². The second-order valence-electron chi connectivity index (χ2n) is 10.1. The highest BCUT2D eigenvalue weighted by molar-refractivity contribution is 5.73. The van der Waals surface area contributed by atoms with Crippen LogP contribution >= 0.6 is 0 Å². The van der Waals surface area contributed by atoms with Gasteiger partial charge in [0, 0.05) is 48.5 Å². The normalized spacial score (nSPS) is 26.4. The standard InChI is InChI=1S/C25H30N6O2/c1-24-10-11-25(2,29-24)15-17(14-24)31(4)22-8-7-20(27-28-22)18-6-5-16(13-21(18)32)19-9-12-30(3)23(33)26-19/h5-9,12-13,17,29,32H,10-11,14-15H2,1-4H3/t17-,24+,25-. The van der Waals surface area contributed by atoms with Crippen LogP contribution in [-0.2, 0) is 7.05 Å². The zero-order valence-electron chi connectivity index (χ0n) is 19.5. The minimum absolute atomic E-state index is 0.0705. The molecule has 0 unspecified atom stereocenters. The number of aryl methyl sites for hydroxylation is 1. The lowest BCUT2D eigenvalue weighted by atomic mass is 9.84. The molecule has 0 spiro atoms. The Morgan fingerprint density at radius 3 is 2.39 bits per heavy atom. The number of nitrogens with one attached hydrogen (secondary N) is 1. The number of piperidine rings is 1. The molecule has 5 rings (SSSR count). The van der Waals surface area contributed by atoms with Gasteiger partial charge in [-0.1, -0.05) is 6.07 Å². The first-order valence-corrected chi connectivity index (χ1v) is 11.4. The first-order valence-electron chi connectivity index (χ1n) is 11.4. The third-order valence-corrected chi connectivity index (χ3v) is 7.31. The number of hydrogen-bond donors (Lipinski definition) is 2. The van der Waals surface area contributed by atoms with E-state index in [0.717, 1.165) is 18.7 Å². The molecule has 33 heavy (non-hydrogen) atoms. The maximum Gasteiger partial charge on any atom is 0.347 e. The van der Waals surface area contributed by atoms with Gasteiger partial charge in [0.1, 0.15) is 5.75 Å². The summed E-state index contributed by atoms with van der Waals surface area (Å²) in [6.45, 7) is 4.64. The lowest BCUT2D eigenvalue weighted by Gasteiger charge is -2.45. The molecule has 2 bridgehead atoms. The molecular weight excluding hydrogens is 416 g/mol. The van der Waals surface area contributed by atoms with Gasteiger partial charge in [0.15, 0.2) is 5.82 Å². The summed E-state index contributed by atoms with van der Waals surface area (Å²) in [5.41, 5.74) is 2.39. The molecule has 2 saturated heterocycles. The molecule has 0 radical (unpaired) electrons. The van der Waals surface area contributed by atoms with Crippen molar-refractivity contribution in [3.8, 4) is 28.3 Å². The van der Waals surface area contributed by atoms with Crippen LogP contribution in [0.15, 0.2) is 47.4 Å². The fourth-order valence-corrected chi connectivity index (χ4v) is 5.48. The molecule has 2 aliphatic rings. The minimum Gasteiger partial charge on any atom is -0.507 e. The molecule has 2 N–H and O–H groups in total. The van der Waals surface area contributed by atoms with Crippen molar-refractivity contribution in [1.82, 2.24) is 25.1 Å². The molecule has 4 heterocycles. The van der Waals surface area contributed by atoms with Crippen molar-refractivity contribution in [1.29, 1.82) is 0 Å². The summed E-state index contributed by atoms with van der Waals surface area (Å²) in [5, 5.41) is 23.3. The smallest absolute Gasteiger partial charge is 0.347 e. The van der Waals surface area contributed by atoms with Crippen molar-refractivity contribution in [3.05, 3.63) is 53.1 Å². The molecule has 0 amide bonds. The topological polar surface area (TPSA) is 96.2 Å². The van der Waals surface area contributed by atoms with E-state index in [9.17, 15) is 9.90 Å². The Hall–Kier alpha value is -3.26. The Kier molecular flexibility index (Phi) is 5.01. The Bertz CT molecular complexity index is 1240. The lowest BCUT2D eigenvalue weighted by molar-refractivity contribution is 0.207. The molecule has 0 saturated carbocycles. The number of hydrogen-bond acceptors (Lipinski definition) is 7. The lowest BCUT2D eigenvalue weighted by Crippen LogP contribution is -2.58. The fourth-order valence-electron chi connectivity index (χ4n) is 5.48. The van der Waals surface area contributed by atoms with Crippen LogP contribution in [0.3, 0.4) is 0 Å². The van der Waals surface area contributed by atoms with Crippen LogP contribution in [0.2, 0.25) is 0 Å². The summed E-state index contributed by atoms with van der Waals surface area (Å²) in [7, 11) is 3.74. The number of benzene rings is 1. The quantitative estimate of drug-likeness (QED) is 0.636. The van der Waals surface area contributed by atoms with Crippen molar-refractivity contribution in [2.24, 2.45) is 7.05 Å². The number of phenols is 1. The molecule has 3 atom stereocenters. The van der Waals surface area contributed by atoms with E-state index in [0.29, 0.717) is 28.6 Å². The SMILES string of the molecule is CN(c1ccc(-c2ccc(-c3ccn(C)c(=O)n3)cc2O)nn1)[C@@H]1C[C@]2(C)CC[C@](C)(C1)N2. The van der Waals surface area contributed by atoms with E-state index in [1.807, 2.05) is 18.2 Å². The van der Waals surface area contributed by atoms with Crippen LogP contribution in [0.1, 0.15) is 39.5 Å². The molecule has 0 aliphatic carbocycles. The molecule has 2 aromatic heterocycles. The number of phenolic OH excluding ortho intramolecular Hbond substituents is 1. The zero-order chi connectivity index (χ0) is 23.4. The Morgan fingerprint density at radius 2 is 1.79 bits per heavy atom. The van der Waals surface area contributed by atoms with Crippen molar-refractivity contribution in [2.75, 3.05) is 11.9 Å². The number of aromatic hydroxyl groups is 1. The third kappa shape index (κ3) is 3.99. The van der Waals surface area contributed by atoms with Crippen molar-refractivity contribution < 1.29 is 5.11 Å². The molecule has 8 heteroatoms. The van der Waals surface area contributed by atoms with Crippen molar-refractivity contribution >= 4 is 5.82 Å². The second kappa shape index (κ2) is 7.66. The summed E-state index contributed by atoms with van der Waals surface area (Å²) in [6, 6.07) is 11.2. The van der Waals surface area contributed by atoms with Gasteiger partial charge >= 0.3 is 5.69 Å². The highest BCUT2D eigenvalue weighted by Gasteiger charge is 2.49. The largest absolute Gasteiger partial charge is 0.507 e. The van der Waals surface area contributed by atoms with Crippen LogP contribution in [0.5, 0.6) is 5.75 Å². The summed E-state index contributed by atoms with van der Waals surface area (Å²) in [5.74, 6) is 0.902. The summed E-state index contributed by atoms with van der Waals surface area (Å²) < 4.78 is 1.40. The number of rotatable bonds is 4. The predicted octanol–water partition coefficient (Wildman–Crippen LogP) is 3.11. The third-order valence-electron chi connectivity index (χ3n) is 7.31. The van der Waals surface area contributed by atoms with Crippen molar-refractivity contribution in [2.45, 2.75) is 56.7 Å². The Balaban J connectivity index is 1.36. The van der Waals surface area contributed by atoms with E-state index in [-0.39, 0.29) is 22.5 Å². The Labute approximate surface area is 193 Å². The van der Waals surface area contributed by atoms with Crippen LogP contribution in [-0.4, -0.2) is 49.0 Å². The average Bonchev–Trinajstić information content (AvgIpc) is 3.01. The van der Waals surface area contributed by atoms with Gasteiger partial charge in [-0.2, -0.15) is 4.98 Å². The maximum absolute atomic E-state index is 11.8. The first kappa shape index (κ1) is 21.6. The van der Waals surface area contributed by atoms with Crippen LogP contribution in [0.4, 0.5) is 5.82 Å². The summed E-state index contributed by atoms with van der Waals surface area (Å²) >= 11 is 0. The highest BCUT2D eigenvalue weighted by Crippen LogP contribution is 2.43. The van der Waals surface area contributed by atoms with E-state index in [1.165, 1.54) is 17.4 Å². The van der Waals surface area contributed by atoms with Crippen molar-refractivity contribution in [3.63, 3.8) is 0 Å². The number of aromatic nitrogens is 4.